The molecule has 1 aliphatic rings. The molecular weight excluding hydrogens is 322 g/mol. The number of benzene rings is 1. The first-order valence-corrected chi connectivity index (χ1v) is 9.30. The highest BCUT2D eigenvalue weighted by atomic mass is 32.1. The van der Waals surface area contributed by atoms with Crippen molar-refractivity contribution in [2.75, 3.05) is 24.5 Å². The number of hydrogen-bond donors (Lipinski definition) is 1. The molecule has 1 N–H and O–H groups in total. The fourth-order valence-electron chi connectivity index (χ4n) is 2.94. The first-order valence-electron chi connectivity index (χ1n) is 8.48. The number of alkyl carbamates (subject to hydrolysis) is 1. The van der Waals surface area contributed by atoms with Crippen molar-refractivity contribution in [3.63, 3.8) is 0 Å². The number of para-hydroxylation sites is 1. The summed E-state index contributed by atoms with van der Waals surface area (Å²) in [6.45, 7) is 8.24. The standard InChI is InChI=1S/C18H25N3O2S/c1-18(2,3)23-17(22)19-11-13-7-6-10-21(12-13)16-20-14-8-4-5-9-15(14)24-16/h4-5,8-9,13H,6-7,10-12H2,1-3H3,(H,19,22)/t13-/m1/s1. The fourth-order valence-corrected chi connectivity index (χ4v) is 3.94. The molecule has 0 unspecified atom stereocenters. The van der Waals surface area contributed by atoms with Gasteiger partial charge in [0, 0.05) is 19.6 Å². The summed E-state index contributed by atoms with van der Waals surface area (Å²) >= 11 is 1.74. The second-order valence-electron chi connectivity index (χ2n) is 7.30. The lowest BCUT2D eigenvalue weighted by Crippen LogP contribution is -2.42. The van der Waals surface area contributed by atoms with Crippen molar-refractivity contribution in [1.82, 2.24) is 10.3 Å². The molecule has 1 aromatic carbocycles. The lowest BCUT2D eigenvalue weighted by Gasteiger charge is -2.32. The van der Waals surface area contributed by atoms with Crippen molar-refractivity contribution in [2.24, 2.45) is 5.92 Å². The van der Waals surface area contributed by atoms with Crippen LogP contribution in [0.15, 0.2) is 24.3 Å². The summed E-state index contributed by atoms with van der Waals surface area (Å²) < 4.78 is 6.53. The van der Waals surface area contributed by atoms with E-state index in [2.05, 4.69) is 22.3 Å². The molecule has 2 heterocycles. The average Bonchev–Trinajstić information content (AvgIpc) is 2.96. The number of thiazole rings is 1. The van der Waals surface area contributed by atoms with Gasteiger partial charge in [0.25, 0.3) is 0 Å². The van der Waals surface area contributed by atoms with Crippen LogP contribution in [0.5, 0.6) is 0 Å². The van der Waals surface area contributed by atoms with Gasteiger partial charge < -0.3 is 15.0 Å². The minimum absolute atomic E-state index is 0.334. The molecule has 130 valence electrons. The first kappa shape index (κ1) is 17.0. The van der Waals surface area contributed by atoms with Gasteiger partial charge in [-0.05, 0) is 51.7 Å². The summed E-state index contributed by atoms with van der Waals surface area (Å²) in [7, 11) is 0. The van der Waals surface area contributed by atoms with E-state index < -0.39 is 5.60 Å². The Balaban J connectivity index is 1.57. The van der Waals surface area contributed by atoms with E-state index in [1.54, 1.807) is 11.3 Å². The lowest BCUT2D eigenvalue weighted by molar-refractivity contribution is 0.0517. The van der Waals surface area contributed by atoms with Gasteiger partial charge in [0.1, 0.15) is 5.60 Å². The lowest BCUT2D eigenvalue weighted by atomic mass is 9.98. The third kappa shape index (κ3) is 4.38. The van der Waals surface area contributed by atoms with Gasteiger partial charge in [0.15, 0.2) is 5.13 Å². The molecule has 3 rings (SSSR count). The zero-order chi connectivity index (χ0) is 17.2. The van der Waals surface area contributed by atoms with E-state index >= 15 is 0 Å². The van der Waals surface area contributed by atoms with E-state index in [1.165, 1.54) is 4.70 Å². The van der Waals surface area contributed by atoms with Crippen molar-refractivity contribution >= 4 is 32.8 Å². The summed E-state index contributed by atoms with van der Waals surface area (Å²) in [6, 6.07) is 8.24. The van der Waals surface area contributed by atoms with Crippen LogP contribution in [-0.4, -0.2) is 36.3 Å². The van der Waals surface area contributed by atoms with Gasteiger partial charge in [0.2, 0.25) is 0 Å². The molecule has 0 aliphatic carbocycles. The number of rotatable bonds is 3. The number of hydrogen-bond acceptors (Lipinski definition) is 5. The minimum atomic E-state index is -0.455. The largest absolute Gasteiger partial charge is 0.444 e. The molecule has 0 radical (unpaired) electrons. The van der Waals surface area contributed by atoms with Gasteiger partial charge >= 0.3 is 6.09 Å². The quantitative estimate of drug-likeness (QED) is 0.910. The van der Waals surface area contributed by atoms with Gasteiger partial charge in [-0.15, -0.1) is 0 Å². The number of carbonyl (C=O) groups is 1. The zero-order valence-electron chi connectivity index (χ0n) is 14.5. The molecule has 6 heteroatoms. The molecule has 1 aliphatic heterocycles. The summed E-state index contributed by atoms with van der Waals surface area (Å²) in [6.07, 6.45) is 1.91. The second kappa shape index (κ2) is 6.97. The Bertz CT molecular complexity index is 675. The summed E-state index contributed by atoms with van der Waals surface area (Å²) in [5.74, 6) is 0.429. The molecule has 1 atom stereocenters. The Kier molecular flexibility index (Phi) is 4.94. The molecular formula is C18H25N3O2S. The number of anilines is 1. The number of piperidine rings is 1. The van der Waals surface area contributed by atoms with Gasteiger partial charge in [-0.3, -0.25) is 0 Å². The molecule has 1 amide bonds. The predicted octanol–water partition coefficient (Wildman–Crippen LogP) is 4.04. The third-order valence-corrected chi connectivity index (χ3v) is 5.10. The van der Waals surface area contributed by atoms with Crippen molar-refractivity contribution < 1.29 is 9.53 Å². The van der Waals surface area contributed by atoms with Crippen LogP contribution in [0, 0.1) is 5.92 Å². The smallest absolute Gasteiger partial charge is 0.407 e. The molecule has 0 spiro atoms. The monoisotopic (exact) mass is 347 g/mol. The summed E-state index contributed by atoms with van der Waals surface area (Å²) in [5, 5.41) is 3.98. The zero-order valence-corrected chi connectivity index (χ0v) is 15.4. The van der Waals surface area contributed by atoms with Crippen LogP contribution in [0.25, 0.3) is 10.2 Å². The first-order chi connectivity index (χ1) is 11.4. The average molecular weight is 347 g/mol. The normalized spacial score (nSPS) is 18.6. The summed E-state index contributed by atoms with van der Waals surface area (Å²) in [5.41, 5.74) is 0.607. The Morgan fingerprint density at radius 1 is 1.42 bits per heavy atom. The molecule has 2 aromatic rings. The number of amides is 1. The molecule has 5 nitrogen and oxygen atoms in total. The van der Waals surface area contributed by atoms with Crippen LogP contribution in [0.3, 0.4) is 0 Å². The number of nitrogens with one attached hydrogen (secondary N) is 1. The summed E-state index contributed by atoms with van der Waals surface area (Å²) in [4.78, 5) is 18.9. The molecule has 1 aromatic heterocycles. The Morgan fingerprint density at radius 3 is 2.96 bits per heavy atom. The van der Waals surface area contributed by atoms with Gasteiger partial charge in [-0.2, -0.15) is 0 Å². The maximum absolute atomic E-state index is 11.8. The minimum Gasteiger partial charge on any atom is -0.444 e. The van der Waals surface area contributed by atoms with E-state index in [0.717, 1.165) is 36.6 Å². The van der Waals surface area contributed by atoms with E-state index in [9.17, 15) is 4.79 Å². The van der Waals surface area contributed by atoms with Crippen LogP contribution >= 0.6 is 11.3 Å². The third-order valence-electron chi connectivity index (χ3n) is 4.01. The van der Waals surface area contributed by atoms with Gasteiger partial charge in [-0.25, -0.2) is 9.78 Å². The Morgan fingerprint density at radius 2 is 2.21 bits per heavy atom. The van der Waals surface area contributed by atoms with Crippen molar-refractivity contribution in [1.29, 1.82) is 0 Å². The van der Waals surface area contributed by atoms with Gasteiger partial charge in [-0.1, -0.05) is 23.5 Å². The highest BCUT2D eigenvalue weighted by Gasteiger charge is 2.24. The maximum atomic E-state index is 11.8. The highest BCUT2D eigenvalue weighted by molar-refractivity contribution is 7.22. The van der Waals surface area contributed by atoms with Crippen LogP contribution < -0.4 is 10.2 Å². The van der Waals surface area contributed by atoms with Crippen LogP contribution in [0.4, 0.5) is 9.93 Å². The number of aromatic nitrogens is 1. The fraction of sp³-hybridized carbons (Fsp3) is 0.556. The maximum Gasteiger partial charge on any atom is 0.407 e. The SMILES string of the molecule is CC(C)(C)OC(=O)NC[C@H]1CCCN(c2nc3ccccc3s2)C1. The van der Waals surface area contributed by atoms with Crippen LogP contribution in [0.1, 0.15) is 33.6 Å². The molecule has 24 heavy (non-hydrogen) atoms. The predicted molar refractivity (Wildman–Crippen MR) is 98.8 cm³/mol. The number of ether oxygens (including phenoxy) is 1. The molecule has 0 bridgehead atoms. The second-order valence-corrected chi connectivity index (χ2v) is 8.31. The molecule has 0 saturated carbocycles. The van der Waals surface area contributed by atoms with Gasteiger partial charge in [0.05, 0.1) is 10.2 Å². The van der Waals surface area contributed by atoms with E-state index in [0.29, 0.717) is 12.5 Å². The van der Waals surface area contributed by atoms with E-state index in [-0.39, 0.29) is 6.09 Å². The topological polar surface area (TPSA) is 54.5 Å². The highest BCUT2D eigenvalue weighted by Crippen LogP contribution is 2.31. The van der Waals surface area contributed by atoms with Crippen LogP contribution in [0.2, 0.25) is 0 Å². The van der Waals surface area contributed by atoms with Crippen LogP contribution in [-0.2, 0) is 4.74 Å². The van der Waals surface area contributed by atoms with E-state index in [4.69, 9.17) is 9.72 Å². The van der Waals surface area contributed by atoms with E-state index in [1.807, 2.05) is 32.9 Å². The Labute approximate surface area is 147 Å². The number of nitrogens with zero attached hydrogens (tertiary/aromatic N) is 2. The number of fused-ring (bicyclic) bond motifs is 1. The molecule has 1 fully saturated rings. The van der Waals surface area contributed by atoms with Crippen molar-refractivity contribution in [3.8, 4) is 0 Å². The molecule has 1 saturated heterocycles. The Hall–Kier alpha value is -1.82. The van der Waals surface area contributed by atoms with Crippen molar-refractivity contribution in [2.45, 2.75) is 39.2 Å². The number of carbonyl (C=O) groups excluding carboxylic acids is 1. The van der Waals surface area contributed by atoms with Crippen molar-refractivity contribution in [3.05, 3.63) is 24.3 Å².